The van der Waals surface area contributed by atoms with Crippen LogP contribution in [0.4, 0.5) is 5.69 Å². The van der Waals surface area contributed by atoms with Crippen molar-refractivity contribution in [3.8, 4) is 0 Å². The SMILES string of the molecule is Nc1cccc(C(=O)NCc2coc3ccccc23)c1. The Morgan fingerprint density at radius 3 is 2.85 bits per heavy atom. The summed E-state index contributed by atoms with van der Waals surface area (Å²) in [4.78, 5) is 12.0. The fourth-order valence-electron chi connectivity index (χ4n) is 2.13. The van der Waals surface area contributed by atoms with Crippen LogP contribution < -0.4 is 11.1 Å². The van der Waals surface area contributed by atoms with Crippen molar-refractivity contribution < 1.29 is 9.21 Å². The van der Waals surface area contributed by atoms with Crippen molar-refractivity contribution in [3.63, 3.8) is 0 Å². The molecule has 20 heavy (non-hydrogen) atoms. The van der Waals surface area contributed by atoms with Gasteiger partial charge in [-0.15, -0.1) is 0 Å². The minimum absolute atomic E-state index is 0.150. The van der Waals surface area contributed by atoms with Crippen molar-refractivity contribution in [2.75, 3.05) is 5.73 Å². The van der Waals surface area contributed by atoms with Crippen LogP contribution in [0.25, 0.3) is 11.0 Å². The first-order valence-electron chi connectivity index (χ1n) is 6.33. The van der Waals surface area contributed by atoms with Crippen LogP contribution in [0.2, 0.25) is 0 Å². The summed E-state index contributed by atoms with van der Waals surface area (Å²) in [6.45, 7) is 0.421. The smallest absolute Gasteiger partial charge is 0.251 e. The molecule has 100 valence electrons. The molecule has 0 saturated carbocycles. The van der Waals surface area contributed by atoms with E-state index in [-0.39, 0.29) is 5.91 Å². The molecule has 0 atom stereocenters. The van der Waals surface area contributed by atoms with Crippen LogP contribution >= 0.6 is 0 Å². The number of carbonyl (C=O) groups is 1. The number of rotatable bonds is 3. The number of amides is 1. The molecule has 0 aliphatic heterocycles. The predicted octanol–water partition coefficient (Wildman–Crippen LogP) is 2.95. The van der Waals surface area contributed by atoms with Gasteiger partial charge in [0.2, 0.25) is 0 Å². The Kier molecular flexibility index (Phi) is 3.13. The molecular formula is C16H14N2O2. The highest BCUT2D eigenvalue weighted by atomic mass is 16.3. The summed E-state index contributed by atoms with van der Waals surface area (Å²) in [6, 6.07) is 14.6. The molecule has 1 amide bonds. The van der Waals surface area contributed by atoms with Crippen molar-refractivity contribution in [2.45, 2.75) is 6.54 Å². The van der Waals surface area contributed by atoms with Gasteiger partial charge in [-0.05, 0) is 24.3 Å². The summed E-state index contributed by atoms with van der Waals surface area (Å²) in [5, 5.41) is 3.88. The van der Waals surface area contributed by atoms with E-state index in [9.17, 15) is 4.79 Å². The number of nitrogens with one attached hydrogen (secondary N) is 1. The van der Waals surface area contributed by atoms with Gasteiger partial charge in [-0.1, -0.05) is 24.3 Å². The Morgan fingerprint density at radius 2 is 2.00 bits per heavy atom. The van der Waals surface area contributed by atoms with E-state index in [2.05, 4.69) is 5.32 Å². The first-order valence-corrected chi connectivity index (χ1v) is 6.33. The molecule has 3 N–H and O–H groups in total. The van der Waals surface area contributed by atoms with Crippen molar-refractivity contribution in [1.82, 2.24) is 5.32 Å². The highest BCUT2D eigenvalue weighted by Gasteiger charge is 2.08. The third-order valence-corrected chi connectivity index (χ3v) is 3.15. The van der Waals surface area contributed by atoms with Gasteiger partial charge >= 0.3 is 0 Å². The number of benzene rings is 2. The van der Waals surface area contributed by atoms with Gasteiger partial charge in [0.15, 0.2) is 0 Å². The van der Waals surface area contributed by atoms with E-state index >= 15 is 0 Å². The molecule has 0 fully saturated rings. The number of furan rings is 1. The van der Waals surface area contributed by atoms with Crippen molar-refractivity contribution >= 4 is 22.6 Å². The maximum Gasteiger partial charge on any atom is 0.251 e. The minimum atomic E-state index is -0.150. The lowest BCUT2D eigenvalue weighted by atomic mass is 10.1. The van der Waals surface area contributed by atoms with E-state index in [0.29, 0.717) is 17.8 Å². The zero-order valence-corrected chi connectivity index (χ0v) is 10.8. The number of anilines is 1. The standard InChI is InChI=1S/C16H14N2O2/c17-13-5-3-4-11(8-13)16(19)18-9-12-10-20-15-7-2-1-6-14(12)15/h1-8,10H,9,17H2,(H,18,19). The normalized spacial score (nSPS) is 10.6. The number of hydrogen-bond acceptors (Lipinski definition) is 3. The van der Waals surface area contributed by atoms with Crippen LogP contribution in [-0.2, 0) is 6.54 Å². The fraction of sp³-hybridized carbons (Fsp3) is 0.0625. The molecule has 4 heteroatoms. The quantitative estimate of drug-likeness (QED) is 0.716. The average Bonchev–Trinajstić information content (AvgIpc) is 2.88. The number of fused-ring (bicyclic) bond motifs is 1. The van der Waals surface area contributed by atoms with E-state index in [1.54, 1.807) is 30.5 Å². The Balaban J connectivity index is 1.75. The molecule has 1 aromatic heterocycles. The monoisotopic (exact) mass is 266 g/mol. The average molecular weight is 266 g/mol. The van der Waals surface area contributed by atoms with E-state index in [1.165, 1.54) is 0 Å². The topological polar surface area (TPSA) is 68.3 Å². The lowest BCUT2D eigenvalue weighted by Gasteiger charge is -2.04. The van der Waals surface area contributed by atoms with Crippen molar-refractivity contribution in [2.24, 2.45) is 0 Å². The molecule has 3 rings (SSSR count). The van der Waals surface area contributed by atoms with E-state index in [1.807, 2.05) is 24.3 Å². The molecule has 0 radical (unpaired) electrons. The van der Waals surface area contributed by atoms with Gasteiger partial charge in [-0.3, -0.25) is 4.79 Å². The number of carbonyl (C=O) groups excluding carboxylic acids is 1. The highest BCUT2D eigenvalue weighted by Crippen LogP contribution is 2.20. The number of hydrogen-bond donors (Lipinski definition) is 2. The fourth-order valence-corrected chi connectivity index (χ4v) is 2.13. The molecule has 3 aromatic rings. The zero-order chi connectivity index (χ0) is 13.9. The Morgan fingerprint density at radius 1 is 1.15 bits per heavy atom. The molecule has 0 spiro atoms. The molecule has 0 bridgehead atoms. The van der Waals surface area contributed by atoms with Gasteiger partial charge in [-0.2, -0.15) is 0 Å². The van der Waals surface area contributed by atoms with Gasteiger partial charge in [0.1, 0.15) is 5.58 Å². The number of nitrogens with two attached hydrogens (primary N) is 1. The second-order valence-electron chi connectivity index (χ2n) is 4.57. The van der Waals surface area contributed by atoms with Gasteiger partial charge in [0, 0.05) is 28.7 Å². The van der Waals surface area contributed by atoms with Crippen LogP contribution in [0.15, 0.2) is 59.2 Å². The predicted molar refractivity (Wildman–Crippen MR) is 78.2 cm³/mol. The lowest BCUT2D eigenvalue weighted by molar-refractivity contribution is 0.0951. The summed E-state index contributed by atoms with van der Waals surface area (Å²) in [5.41, 5.74) is 8.57. The third kappa shape index (κ3) is 2.36. The summed E-state index contributed by atoms with van der Waals surface area (Å²) in [5.74, 6) is -0.150. The summed E-state index contributed by atoms with van der Waals surface area (Å²) < 4.78 is 5.43. The van der Waals surface area contributed by atoms with Crippen LogP contribution in [0.3, 0.4) is 0 Å². The van der Waals surface area contributed by atoms with Crippen molar-refractivity contribution in [3.05, 3.63) is 65.9 Å². The van der Waals surface area contributed by atoms with Crippen molar-refractivity contribution in [1.29, 1.82) is 0 Å². The molecule has 0 unspecified atom stereocenters. The van der Waals surface area contributed by atoms with Crippen LogP contribution in [-0.4, -0.2) is 5.91 Å². The number of para-hydroxylation sites is 1. The molecular weight excluding hydrogens is 252 g/mol. The largest absolute Gasteiger partial charge is 0.464 e. The molecule has 2 aromatic carbocycles. The molecule has 0 aliphatic carbocycles. The molecule has 0 saturated heterocycles. The molecule has 0 aliphatic rings. The third-order valence-electron chi connectivity index (χ3n) is 3.15. The minimum Gasteiger partial charge on any atom is -0.464 e. The second-order valence-corrected chi connectivity index (χ2v) is 4.57. The van der Waals surface area contributed by atoms with Crippen LogP contribution in [0.5, 0.6) is 0 Å². The lowest BCUT2D eigenvalue weighted by Crippen LogP contribution is -2.22. The van der Waals surface area contributed by atoms with Gasteiger partial charge < -0.3 is 15.5 Å². The Labute approximate surface area is 116 Å². The molecule has 1 heterocycles. The summed E-state index contributed by atoms with van der Waals surface area (Å²) in [6.07, 6.45) is 1.67. The Hall–Kier alpha value is -2.75. The Bertz CT molecular complexity index is 762. The first kappa shape index (κ1) is 12.3. The second kappa shape index (κ2) is 5.09. The molecule has 4 nitrogen and oxygen atoms in total. The maximum atomic E-state index is 12.0. The van der Waals surface area contributed by atoms with Gasteiger partial charge in [0.05, 0.1) is 6.26 Å². The zero-order valence-electron chi connectivity index (χ0n) is 10.8. The van der Waals surface area contributed by atoms with Crippen LogP contribution in [0.1, 0.15) is 15.9 Å². The maximum absolute atomic E-state index is 12.0. The highest BCUT2D eigenvalue weighted by molar-refractivity contribution is 5.95. The number of nitrogen functional groups attached to an aromatic ring is 1. The van der Waals surface area contributed by atoms with E-state index in [0.717, 1.165) is 16.5 Å². The van der Waals surface area contributed by atoms with E-state index in [4.69, 9.17) is 10.2 Å². The van der Waals surface area contributed by atoms with Gasteiger partial charge in [0.25, 0.3) is 5.91 Å². The van der Waals surface area contributed by atoms with Crippen LogP contribution in [0, 0.1) is 0 Å². The first-order chi connectivity index (χ1) is 9.74. The summed E-state index contributed by atoms with van der Waals surface area (Å²) >= 11 is 0. The summed E-state index contributed by atoms with van der Waals surface area (Å²) in [7, 11) is 0. The van der Waals surface area contributed by atoms with Gasteiger partial charge in [-0.25, -0.2) is 0 Å². The van der Waals surface area contributed by atoms with E-state index < -0.39 is 0 Å².